The summed E-state index contributed by atoms with van der Waals surface area (Å²) in [5.74, 6) is 4.96. The van der Waals surface area contributed by atoms with E-state index in [9.17, 15) is 8.42 Å². The SMILES string of the molecule is NOCCCc1ccc(S(=O)(=O)NC2CCCC2)cc1. The summed E-state index contributed by atoms with van der Waals surface area (Å²) in [6, 6.07) is 7.12. The summed E-state index contributed by atoms with van der Waals surface area (Å²) in [7, 11) is -3.38. The standard InChI is InChI=1S/C14H22N2O3S/c15-19-11-3-4-12-7-9-14(10-8-12)20(17,18)16-13-5-1-2-6-13/h7-10,13,16H,1-6,11,15H2. The Kier molecular flexibility index (Phi) is 5.54. The summed E-state index contributed by atoms with van der Waals surface area (Å²) in [4.78, 5) is 4.85. The first-order valence-corrected chi connectivity index (χ1v) is 8.53. The van der Waals surface area contributed by atoms with E-state index >= 15 is 0 Å². The van der Waals surface area contributed by atoms with Gasteiger partial charge in [-0.3, -0.25) is 0 Å². The maximum Gasteiger partial charge on any atom is 0.240 e. The highest BCUT2D eigenvalue weighted by molar-refractivity contribution is 7.89. The van der Waals surface area contributed by atoms with Crippen LogP contribution in [-0.4, -0.2) is 21.1 Å². The molecule has 5 nitrogen and oxygen atoms in total. The number of rotatable bonds is 7. The molecule has 1 aliphatic carbocycles. The van der Waals surface area contributed by atoms with E-state index in [2.05, 4.69) is 9.56 Å². The summed E-state index contributed by atoms with van der Waals surface area (Å²) in [6.07, 6.45) is 5.74. The average molecular weight is 298 g/mol. The lowest BCUT2D eigenvalue weighted by Crippen LogP contribution is -2.32. The van der Waals surface area contributed by atoms with Gasteiger partial charge in [-0.2, -0.15) is 0 Å². The quantitative estimate of drug-likeness (QED) is 0.593. The van der Waals surface area contributed by atoms with Crippen molar-refractivity contribution in [3.8, 4) is 0 Å². The van der Waals surface area contributed by atoms with Gasteiger partial charge >= 0.3 is 0 Å². The largest absolute Gasteiger partial charge is 0.305 e. The van der Waals surface area contributed by atoms with Crippen LogP contribution < -0.4 is 10.6 Å². The number of hydrogen-bond donors (Lipinski definition) is 2. The zero-order valence-corrected chi connectivity index (χ0v) is 12.4. The molecule has 0 spiro atoms. The summed E-state index contributed by atoms with van der Waals surface area (Å²) in [6.45, 7) is 0.503. The molecular formula is C14H22N2O3S. The minimum atomic E-state index is -3.38. The van der Waals surface area contributed by atoms with Crippen molar-refractivity contribution >= 4 is 10.0 Å². The van der Waals surface area contributed by atoms with E-state index in [0.717, 1.165) is 44.1 Å². The molecule has 0 amide bonds. The van der Waals surface area contributed by atoms with E-state index in [4.69, 9.17) is 5.90 Å². The van der Waals surface area contributed by atoms with E-state index in [1.807, 2.05) is 12.1 Å². The van der Waals surface area contributed by atoms with E-state index in [1.54, 1.807) is 12.1 Å². The second-order valence-electron chi connectivity index (χ2n) is 5.22. The smallest absolute Gasteiger partial charge is 0.240 e. The van der Waals surface area contributed by atoms with Crippen molar-refractivity contribution in [2.75, 3.05) is 6.61 Å². The van der Waals surface area contributed by atoms with E-state index in [0.29, 0.717) is 11.5 Å². The lowest BCUT2D eigenvalue weighted by molar-refractivity contribution is 0.135. The van der Waals surface area contributed by atoms with Crippen LogP contribution in [0.1, 0.15) is 37.7 Å². The number of sulfonamides is 1. The third-order valence-electron chi connectivity index (χ3n) is 3.64. The summed E-state index contributed by atoms with van der Waals surface area (Å²) in [5.41, 5.74) is 1.09. The first-order chi connectivity index (χ1) is 9.62. The third kappa shape index (κ3) is 4.28. The molecule has 6 heteroatoms. The molecule has 0 bridgehead atoms. The van der Waals surface area contributed by atoms with Crippen LogP contribution in [0.2, 0.25) is 0 Å². The van der Waals surface area contributed by atoms with Gasteiger partial charge in [-0.1, -0.05) is 25.0 Å². The van der Waals surface area contributed by atoms with Gasteiger partial charge in [0, 0.05) is 6.04 Å². The first-order valence-electron chi connectivity index (χ1n) is 7.05. The van der Waals surface area contributed by atoms with Crippen molar-refractivity contribution in [1.29, 1.82) is 0 Å². The van der Waals surface area contributed by atoms with Gasteiger partial charge in [0.15, 0.2) is 0 Å². The van der Waals surface area contributed by atoms with Gasteiger partial charge in [0.25, 0.3) is 0 Å². The van der Waals surface area contributed by atoms with Crippen LogP contribution in [-0.2, 0) is 21.3 Å². The van der Waals surface area contributed by atoms with Gasteiger partial charge in [-0.25, -0.2) is 19.0 Å². The molecule has 0 atom stereocenters. The number of hydrogen-bond acceptors (Lipinski definition) is 4. The van der Waals surface area contributed by atoms with Crippen molar-refractivity contribution in [2.45, 2.75) is 49.5 Å². The monoisotopic (exact) mass is 298 g/mol. The Morgan fingerprint density at radius 1 is 1.20 bits per heavy atom. The number of aryl methyl sites for hydroxylation is 1. The number of nitrogens with one attached hydrogen (secondary N) is 1. The topological polar surface area (TPSA) is 81.4 Å². The molecule has 1 aliphatic rings. The van der Waals surface area contributed by atoms with Crippen LogP contribution in [0.25, 0.3) is 0 Å². The maximum absolute atomic E-state index is 12.2. The van der Waals surface area contributed by atoms with E-state index in [-0.39, 0.29) is 6.04 Å². The van der Waals surface area contributed by atoms with Crippen LogP contribution in [0.15, 0.2) is 29.2 Å². The molecule has 1 saturated carbocycles. The van der Waals surface area contributed by atoms with Crippen LogP contribution in [0.3, 0.4) is 0 Å². The molecule has 1 aromatic carbocycles. The van der Waals surface area contributed by atoms with E-state index in [1.165, 1.54) is 0 Å². The molecule has 3 N–H and O–H groups in total. The van der Waals surface area contributed by atoms with Gasteiger partial charge < -0.3 is 4.84 Å². The van der Waals surface area contributed by atoms with E-state index < -0.39 is 10.0 Å². The Morgan fingerprint density at radius 3 is 2.45 bits per heavy atom. The molecule has 0 aromatic heterocycles. The molecule has 0 heterocycles. The fourth-order valence-electron chi connectivity index (χ4n) is 2.53. The normalized spacial score (nSPS) is 16.6. The van der Waals surface area contributed by atoms with Gasteiger partial charge in [0.05, 0.1) is 11.5 Å². The van der Waals surface area contributed by atoms with Crippen LogP contribution >= 0.6 is 0 Å². The highest BCUT2D eigenvalue weighted by atomic mass is 32.2. The Morgan fingerprint density at radius 2 is 1.85 bits per heavy atom. The van der Waals surface area contributed by atoms with Gasteiger partial charge in [0.2, 0.25) is 10.0 Å². The molecule has 1 fully saturated rings. The fourth-order valence-corrected chi connectivity index (χ4v) is 3.83. The predicted molar refractivity (Wildman–Crippen MR) is 77.5 cm³/mol. The fraction of sp³-hybridized carbons (Fsp3) is 0.571. The lowest BCUT2D eigenvalue weighted by Gasteiger charge is -2.12. The van der Waals surface area contributed by atoms with Crippen molar-refractivity contribution in [1.82, 2.24) is 4.72 Å². The zero-order valence-electron chi connectivity index (χ0n) is 11.5. The zero-order chi connectivity index (χ0) is 14.4. The minimum absolute atomic E-state index is 0.0985. The minimum Gasteiger partial charge on any atom is -0.305 e. The highest BCUT2D eigenvalue weighted by Crippen LogP contribution is 2.20. The van der Waals surface area contributed by atoms with Crippen molar-refractivity contribution < 1.29 is 13.3 Å². The first kappa shape index (κ1) is 15.4. The second-order valence-corrected chi connectivity index (χ2v) is 6.93. The summed E-state index contributed by atoms with van der Waals surface area (Å²) < 4.78 is 27.2. The molecular weight excluding hydrogens is 276 g/mol. The van der Waals surface area contributed by atoms with Gasteiger partial charge in [0.1, 0.15) is 0 Å². The second kappa shape index (κ2) is 7.17. The molecule has 2 rings (SSSR count). The van der Waals surface area contributed by atoms with Crippen LogP contribution in [0.5, 0.6) is 0 Å². The predicted octanol–water partition coefficient (Wildman–Crippen LogP) is 1.73. The van der Waals surface area contributed by atoms with Crippen molar-refractivity contribution in [3.05, 3.63) is 29.8 Å². The van der Waals surface area contributed by atoms with Crippen LogP contribution in [0, 0.1) is 0 Å². The third-order valence-corrected chi connectivity index (χ3v) is 5.17. The summed E-state index contributed by atoms with van der Waals surface area (Å²) >= 11 is 0. The Hall–Kier alpha value is -0.950. The molecule has 1 aromatic rings. The number of nitrogens with two attached hydrogens (primary N) is 1. The summed E-state index contributed by atoms with van der Waals surface area (Å²) in [5, 5.41) is 0. The highest BCUT2D eigenvalue weighted by Gasteiger charge is 2.22. The maximum atomic E-state index is 12.2. The van der Waals surface area contributed by atoms with Gasteiger partial charge in [-0.15, -0.1) is 0 Å². The number of benzene rings is 1. The van der Waals surface area contributed by atoms with Crippen molar-refractivity contribution in [3.63, 3.8) is 0 Å². The molecule has 0 aliphatic heterocycles. The molecule has 112 valence electrons. The Bertz CT molecular complexity index is 508. The lowest BCUT2D eigenvalue weighted by atomic mass is 10.1. The Balaban J connectivity index is 1.97. The van der Waals surface area contributed by atoms with Crippen LogP contribution in [0.4, 0.5) is 0 Å². The molecule has 0 unspecified atom stereocenters. The molecule has 0 saturated heterocycles. The van der Waals surface area contributed by atoms with Crippen molar-refractivity contribution in [2.24, 2.45) is 5.90 Å². The molecule has 20 heavy (non-hydrogen) atoms. The average Bonchev–Trinajstić information content (AvgIpc) is 2.92. The molecule has 0 radical (unpaired) electrons. The Labute approximate surface area is 120 Å². The van der Waals surface area contributed by atoms with Gasteiger partial charge in [-0.05, 0) is 43.4 Å².